The van der Waals surface area contributed by atoms with Crippen molar-refractivity contribution >= 4 is 35.7 Å². The van der Waals surface area contributed by atoms with Gasteiger partial charge in [-0.15, -0.1) is 0 Å². The zero-order valence-corrected chi connectivity index (χ0v) is 31.3. The second kappa shape index (κ2) is 16.5. The molecule has 0 radical (unpaired) electrons. The second-order valence-electron chi connectivity index (χ2n) is 15.7. The smallest absolute Gasteiger partial charge is 0.338 e. The number of likely N-dealkylation sites (N-methyl/N-ethyl adjacent to an activating group) is 1. The molecule has 53 heavy (non-hydrogen) atoms. The van der Waals surface area contributed by atoms with E-state index in [1.54, 1.807) is 71.3 Å². The van der Waals surface area contributed by atoms with Gasteiger partial charge in [0, 0.05) is 50.4 Å². The lowest BCUT2D eigenvalue weighted by molar-refractivity contribution is -0.209. The molecule has 2 saturated carbocycles. The topological polar surface area (TPSA) is 190 Å². The number of benzene rings is 1. The van der Waals surface area contributed by atoms with Crippen molar-refractivity contribution in [2.45, 2.75) is 121 Å². The number of hydrogen-bond donors (Lipinski definition) is 4. The van der Waals surface area contributed by atoms with Crippen LogP contribution >= 0.6 is 0 Å². The molecule has 290 valence electrons. The maximum atomic E-state index is 13.8. The van der Waals surface area contributed by atoms with Crippen molar-refractivity contribution in [3.63, 3.8) is 0 Å². The molecular weight excluding hydrogens is 686 g/mol. The molecule has 1 heterocycles. The third kappa shape index (κ3) is 10.3. The first kappa shape index (κ1) is 40.1. The second-order valence-corrected chi connectivity index (χ2v) is 15.7. The molecule has 0 aromatic heterocycles. The van der Waals surface area contributed by atoms with Crippen LogP contribution in [0.15, 0.2) is 42.0 Å². The summed E-state index contributed by atoms with van der Waals surface area (Å²) in [6, 6.07) is 4.33. The summed E-state index contributed by atoms with van der Waals surface area (Å²) in [5.41, 5.74) is 0.493. The first-order valence-electron chi connectivity index (χ1n) is 18.4. The number of rotatable bonds is 15. The molecule has 14 heteroatoms. The van der Waals surface area contributed by atoms with Crippen molar-refractivity contribution in [3.05, 3.63) is 53.1 Å². The van der Waals surface area contributed by atoms with Crippen LogP contribution in [0.4, 0.5) is 0 Å². The maximum absolute atomic E-state index is 13.8. The van der Waals surface area contributed by atoms with Crippen LogP contribution in [0.1, 0.15) is 88.6 Å². The fraction of sp³-hybridized carbons (Fsp3) is 0.615. The highest BCUT2D eigenvalue weighted by Gasteiger charge is 2.64. The number of nitrogens with one attached hydrogen (secondary N) is 2. The number of esters is 2. The molecule has 4 N–H and O–H groups in total. The van der Waals surface area contributed by atoms with Gasteiger partial charge in [-0.05, 0) is 89.6 Å². The number of aliphatic hydroxyl groups is 2. The van der Waals surface area contributed by atoms with Crippen LogP contribution in [-0.2, 0) is 38.1 Å². The summed E-state index contributed by atoms with van der Waals surface area (Å²) in [5.74, 6) is -3.11. The Morgan fingerprint density at radius 1 is 1.02 bits per heavy atom. The molecule has 3 amide bonds. The molecule has 14 nitrogen and oxygen atoms in total. The summed E-state index contributed by atoms with van der Waals surface area (Å²) < 4.78 is 24.6. The highest BCUT2D eigenvalue weighted by Crippen LogP contribution is 2.59. The molecule has 0 spiro atoms. The number of carbonyl (C=O) groups is 5. The van der Waals surface area contributed by atoms with Gasteiger partial charge >= 0.3 is 11.9 Å². The van der Waals surface area contributed by atoms with Crippen molar-refractivity contribution in [2.24, 2.45) is 11.8 Å². The number of fused-ring (bicyclic) bond motifs is 1. The normalized spacial score (nSPS) is 23.9. The Bertz CT molecular complexity index is 1580. The molecule has 6 atom stereocenters. The molecule has 0 bridgehead atoms. The van der Waals surface area contributed by atoms with E-state index >= 15 is 0 Å². The zero-order valence-electron chi connectivity index (χ0n) is 31.3. The zero-order chi connectivity index (χ0) is 38.7. The summed E-state index contributed by atoms with van der Waals surface area (Å²) in [4.78, 5) is 66.2. The molecule has 1 aromatic carbocycles. The van der Waals surface area contributed by atoms with Crippen LogP contribution in [0.3, 0.4) is 0 Å². The Hall–Kier alpha value is -4.11. The van der Waals surface area contributed by atoms with Crippen molar-refractivity contribution < 1.29 is 53.1 Å². The van der Waals surface area contributed by atoms with Gasteiger partial charge in [-0.2, -0.15) is 0 Å². The minimum Gasteiger partial charge on any atom is -0.460 e. The molecule has 4 aliphatic rings. The Labute approximate surface area is 310 Å². The highest BCUT2D eigenvalue weighted by atomic mass is 16.8. The average Bonchev–Trinajstić information content (AvgIpc) is 4.04. The van der Waals surface area contributed by atoms with Gasteiger partial charge in [0.25, 0.3) is 0 Å². The van der Waals surface area contributed by atoms with E-state index < -0.39 is 78.2 Å². The Balaban J connectivity index is 1.29. The molecule has 3 aliphatic carbocycles. The Morgan fingerprint density at radius 2 is 1.66 bits per heavy atom. The molecule has 3 fully saturated rings. The number of nitrogens with zero attached hydrogens (tertiary/aromatic N) is 1. The quantitative estimate of drug-likeness (QED) is 0.153. The van der Waals surface area contributed by atoms with Gasteiger partial charge < -0.3 is 44.7 Å². The van der Waals surface area contributed by atoms with E-state index in [9.17, 15) is 34.2 Å². The van der Waals surface area contributed by atoms with Gasteiger partial charge in [0.05, 0.1) is 24.3 Å². The van der Waals surface area contributed by atoms with Crippen molar-refractivity contribution in [1.82, 2.24) is 15.5 Å². The van der Waals surface area contributed by atoms with Gasteiger partial charge in [-0.3, -0.25) is 19.2 Å². The highest BCUT2D eigenvalue weighted by molar-refractivity contribution is 5.98. The molecule has 1 aliphatic heterocycles. The van der Waals surface area contributed by atoms with Crippen molar-refractivity contribution in [2.75, 3.05) is 20.7 Å². The average molecular weight is 740 g/mol. The van der Waals surface area contributed by atoms with E-state index in [1.165, 1.54) is 17.9 Å². The van der Waals surface area contributed by atoms with Gasteiger partial charge in [0.2, 0.25) is 17.7 Å². The van der Waals surface area contributed by atoms with E-state index in [1.807, 2.05) is 0 Å². The standard InChI is InChI=1S/C39H53N3O11/c1-22(44)33(36(48)40-28(21-43)16-18-32(46)52-38(2,3)4)41-35(47)25-19-29(34-30(20-25)51-39(53-34,26-12-13-26)27-14-15-27)50-37(49)24-10-7-23(8-11-24)9-17-31(45)42(5)6/h7-11,17,20,22,26-30,33-34,43-44H,12-16,18-19,21H2,1-6H3,(H,40,48)(H,41,47)/t22-,28-,29+,30+,33+,34-/m0/s1. The van der Waals surface area contributed by atoms with Crippen molar-refractivity contribution in [3.8, 4) is 0 Å². The van der Waals surface area contributed by atoms with Crippen LogP contribution in [-0.4, -0.2) is 113 Å². The summed E-state index contributed by atoms with van der Waals surface area (Å²) in [7, 11) is 3.30. The summed E-state index contributed by atoms with van der Waals surface area (Å²) >= 11 is 0. The van der Waals surface area contributed by atoms with E-state index in [0.29, 0.717) is 5.56 Å². The molecule has 0 unspecified atom stereocenters. The van der Waals surface area contributed by atoms with Crippen LogP contribution in [0.2, 0.25) is 0 Å². The maximum Gasteiger partial charge on any atom is 0.338 e. The van der Waals surface area contributed by atoms with Crippen molar-refractivity contribution in [1.29, 1.82) is 0 Å². The van der Waals surface area contributed by atoms with Gasteiger partial charge in [0.1, 0.15) is 30.0 Å². The van der Waals surface area contributed by atoms with Crippen LogP contribution in [0.5, 0.6) is 0 Å². The largest absolute Gasteiger partial charge is 0.460 e. The monoisotopic (exact) mass is 739 g/mol. The predicted octanol–water partition coefficient (Wildman–Crippen LogP) is 2.41. The number of ether oxygens (including phenoxy) is 4. The molecule has 1 saturated heterocycles. The van der Waals surface area contributed by atoms with E-state index in [4.69, 9.17) is 18.9 Å². The summed E-state index contributed by atoms with van der Waals surface area (Å²) in [6.07, 6.45) is 4.94. The first-order chi connectivity index (χ1) is 25.0. The molecular formula is C39H53N3O11. The number of amides is 3. The van der Waals surface area contributed by atoms with Crippen LogP contribution in [0.25, 0.3) is 6.08 Å². The van der Waals surface area contributed by atoms with Crippen LogP contribution < -0.4 is 10.6 Å². The number of aliphatic hydroxyl groups excluding tert-OH is 2. The van der Waals surface area contributed by atoms with Crippen LogP contribution in [0, 0.1) is 11.8 Å². The lowest BCUT2D eigenvalue weighted by Gasteiger charge is -2.31. The van der Waals surface area contributed by atoms with Gasteiger partial charge in [-0.1, -0.05) is 12.1 Å². The predicted molar refractivity (Wildman–Crippen MR) is 192 cm³/mol. The van der Waals surface area contributed by atoms with E-state index in [-0.39, 0.29) is 48.1 Å². The Morgan fingerprint density at radius 3 is 2.21 bits per heavy atom. The minimum atomic E-state index is -1.41. The summed E-state index contributed by atoms with van der Waals surface area (Å²) in [5, 5.41) is 25.7. The third-order valence-electron chi connectivity index (χ3n) is 9.70. The third-order valence-corrected chi connectivity index (χ3v) is 9.70. The van der Waals surface area contributed by atoms with Gasteiger partial charge in [0.15, 0.2) is 5.79 Å². The number of carbonyl (C=O) groups excluding carboxylic acids is 5. The first-order valence-corrected chi connectivity index (χ1v) is 18.4. The van der Waals surface area contributed by atoms with Gasteiger partial charge in [-0.25, -0.2) is 4.79 Å². The lowest BCUT2D eigenvalue weighted by Crippen LogP contribution is -2.55. The minimum absolute atomic E-state index is 0.0374. The fourth-order valence-electron chi connectivity index (χ4n) is 6.65. The number of hydrogen-bond acceptors (Lipinski definition) is 11. The Kier molecular flexibility index (Phi) is 12.5. The molecule has 1 aromatic rings. The lowest BCUT2D eigenvalue weighted by atomic mass is 9.91. The molecule has 5 rings (SSSR count). The van der Waals surface area contributed by atoms with E-state index in [0.717, 1.165) is 25.7 Å². The fourth-order valence-corrected chi connectivity index (χ4v) is 6.65. The van der Waals surface area contributed by atoms with E-state index in [2.05, 4.69) is 10.6 Å². The summed E-state index contributed by atoms with van der Waals surface area (Å²) in [6.45, 7) is 6.08. The SMILES string of the molecule is C[C@H](O)[C@@H](NC(=O)C1=C[C@H]2OC(C3CC3)(C3CC3)O[C@H]2[C@H](OC(=O)c2ccc(C=CC(=O)N(C)C)cc2)C1)C(=O)N[C@H](CO)CCC(=O)OC(C)(C)C.